The van der Waals surface area contributed by atoms with Gasteiger partial charge in [0.1, 0.15) is 0 Å². The molecule has 0 atom stereocenters. The van der Waals surface area contributed by atoms with Crippen LogP contribution in [-0.2, 0) is 14.3 Å². The lowest BCUT2D eigenvalue weighted by atomic mass is 9.80. The fraction of sp³-hybridized carbons (Fsp3) is 0.522. The molecule has 0 saturated heterocycles. The fourth-order valence-electron chi connectivity index (χ4n) is 3.45. The van der Waals surface area contributed by atoms with Gasteiger partial charge in [0, 0.05) is 31.8 Å². The number of rotatable bonds is 2. The highest BCUT2D eigenvalue weighted by molar-refractivity contribution is 5.91. The van der Waals surface area contributed by atoms with Crippen LogP contribution in [-0.4, -0.2) is 31.3 Å². The summed E-state index contributed by atoms with van der Waals surface area (Å²) < 4.78 is 75.4. The number of ether oxygens (including phenoxy) is 2. The summed E-state index contributed by atoms with van der Waals surface area (Å²) in [7, 11) is 3.49. The maximum absolute atomic E-state index is 11.0. The second kappa shape index (κ2) is 12.0. The summed E-state index contributed by atoms with van der Waals surface area (Å²) in [6, 6.07) is 0. The molecule has 0 bridgehead atoms. The number of alkyl halides is 3. The Morgan fingerprint density at radius 2 is 1.42 bits per heavy atom. The third kappa shape index (κ3) is 9.79. The molecule has 0 aliphatic heterocycles. The molecular formula is C23H28F6O4. The van der Waals surface area contributed by atoms with Crippen LogP contribution in [0.4, 0.5) is 26.3 Å². The first-order chi connectivity index (χ1) is 15.2. The molecule has 0 saturated carbocycles. The van der Waals surface area contributed by atoms with E-state index in [0.717, 1.165) is 37.2 Å². The molecule has 0 aromatic heterocycles. The molecule has 4 nitrogen and oxygen atoms in total. The summed E-state index contributed by atoms with van der Waals surface area (Å²) >= 11 is 0. The summed E-state index contributed by atoms with van der Waals surface area (Å²) in [5.74, 6) is -0.875. The van der Waals surface area contributed by atoms with E-state index in [0.29, 0.717) is 12.8 Å². The number of hydrogen-bond donors (Lipinski definition) is 1. The molecule has 0 spiro atoms. The second-order valence-electron chi connectivity index (χ2n) is 8.41. The van der Waals surface area contributed by atoms with Crippen molar-refractivity contribution in [1.82, 2.24) is 0 Å². The van der Waals surface area contributed by atoms with E-state index in [9.17, 15) is 31.1 Å². The standard InChI is InChI=1S/C12H16O2.C8H12O2.C3F6/c1-13-11-5-3-9-4-6-12(14-2)8-10(9)7-11;1-8(2)4-6(9)3-7(10)5-8;4-1(2(5)6)3(7,8)9/h5-6H,3-4,7-8H2,1-2H3;3,9H,4-5H2,1-2H3;. The van der Waals surface area contributed by atoms with Gasteiger partial charge in [0.05, 0.1) is 31.5 Å². The van der Waals surface area contributed by atoms with Crippen molar-refractivity contribution >= 4 is 5.78 Å². The molecule has 0 fully saturated rings. The minimum Gasteiger partial charge on any atom is -0.512 e. The number of methoxy groups -OCH3 is 2. The normalized spacial score (nSPS) is 19.3. The van der Waals surface area contributed by atoms with Gasteiger partial charge in [-0.3, -0.25) is 4.79 Å². The summed E-state index contributed by atoms with van der Waals surface area (Å²) in [6.45, 7) is 3.96. The van der Waals surface area contributed by atoms with Crippen LogP contribution in [0.15, 0.2) is 58.6 Å². The van der Waals surface area contributed by atoms with E-state index in [2.05, 4.69) is 12.2 Å². The molecule has 0 aromatic carbocycles. The van der Waals surface area contributed by atoms with E-state index in [1.807, 2.05) is 13.8 Å². The van der Waals surface area contributed by atoms with Gasteiger partial charge >= 0.3 is 12.3 Å². The molecule has 0 amide bonds. The monoisotopic (exact) mass is 482 g/mol. The van der Waals surface area contributed by atoms with Crippen LogP contribution < -0.4 is 0 Å². The quantitative estimate of drug-likeness (QED) is 0.330. The number of carbonyl (C=O) groups excluding carboxylic acids is 1. The topological polar surface area (TPSA) is 55.8 Å². The minimum atomic E-state index is -5.56. The van der Waals surface area contributed by atoms with E-state index in [1.54, 1.807) is 19.8 Å². The number of allylic oxidation sites excluding steroid dienone is 8. The molecule has 186 valence electrons. The van der Waals surface area contributed by atoms with Gasteiger partial charge in [0.15, 0.2) is 5.78 Å². The van der Waals surface area contributed by atoms with Crippen molar-refractivity contribution in [2.45, 2.75) is 58.5 Å². The molecule has 3 aliphatic rings. The number of aliphatic hydroxyl groups excluding tert-OH is 1. The van der Waals surface area contributed by atoms with Gasteiger partial charge < -0.3 is 14.6 Å². The van der Waals surface area contributed by atoms with Crippen molar-refractivity contribution in [3.8, 4) is 0 Å². The number of hydrogen-bond acceptors (Lipinski definition) is 4. The van der Waals surface area contributed by atoms with Crippen LogP contribution in [0.5, 0.6) is 0 Å². The Labute approximate surface area is 188 Å². The highest BCUT2D eigenvalue weighted by Gasteiger charge is 2.38. The average molecular weight is 482 g/mol. The van der Waals surface area contributed by atoms with Crippen LogP contribution in [0.2, 0.25) is 0 Å². The van der Waals surface area contributed by atoms with Crippen molar-refractivity contribution < 1.29 is 45.7 Å². The molecule has 3 rings (SSSR count). The van der Waals surface area contributed by atoms with Crippen molar-refractivity contribution in [3.05, 3.63) is 58.6 Å². The lowest BCUT2D eigenvalue weighted by molar-refractivity contribution is -0.117. The molecule has 0 radical (unpaired) electrons. The molecule has 0 unspecified atom stereocenters. The zero-order chi connectivity index (χ0) is 25.4. The van der Waals surface area contributed by atoms with Gasteiger partial charge in [-0.2, -0.15) is 26.3 Å². The first kappa shape index (κ1) is 28.4. The Hall–Kier alpha value is -2.65. The van der Waals surface area contributed by atoms with E-state index in [-0.39, 0.29) is 17.0 Å². The third-order valence-corrected chi connectivity index (χ3v) is 5.01. The highest BCUT2D eigenvalue weighted by Crippen LogP contribution is 2.35. The number of aliphatic hydroxyl groups is 1. The van der Waals surface area contributed by atoms with E-state index in [4.69, 9.17) is 14.6 Å². The molecule has 3 aliphatic carbocycles. The zero-order valence-corrected chi connectivity index (χ0v) is 18.9. The van der Waals surface area contributed by atoms with Crippen LogP contribution in [0, 0.1) is 5.41 Å². The predicted octanol–water partition coefficient (Wildman–Crippen LogP) is 7.37. The Morgan fingerprint density at radius 3 is 1.73 bits per heavy atom. The van der Waals surface area contributed by atoms with E-state index < -0.39 is 18.1 Å². The molecule has 0 heterocycles. The molecule has 1 N–H and O–H groups in total. The lowest BCUT2D eigenvalue weighted by Crippen LogP contribution is -2.21. The molecule has 33 heavy (non-hydrogen) atoms. The van der Waals surface area contributed by atoms with Gasteiger partial charge in [-0.25, -0.2) is 0 Å². The average Bonchev–Trinajstić information content (AvgIpc) is 2.70. The zero-order valence-electron chi connectivity index (χ0n) is 18.9. The Balaban J connectivity index is 0.000000257. The fourth-order valence-corrected chi connectivity index (χ4v) is 3.45. The van der Waals surface area contributed by atoms with Gasteiger partial charge in [0.2, 0.25) is 0 Å². The number of halogens is 6. The highest BCUT2D eigenvalue weighted by atomic mass is 19.4. The first-order valence-electron chi connectivity index (χ1n) is 10.0. The number of ketones is 1. The summed E-state index contributed by atoms with van der Waals surface area (Å²) in [5.41, 5.74) is 2.99. The third-order valence-electron chi connectivity index (χ3n) is 5.01. The SMILES string of the molecule is CC1(C)CC(=O)C=C(O)C1.COC1=CCC2=C(C1)CC(OC)=CC2.FC(F)=C(F)C(F)(F)F. The van der Waals surface area contributed by atoms with Crippen molar-refractivity contribution in [2.24, 2.45) is 5.41 Å². The maximum atomic E-state index is 11.0. The largest absolute Gasteiger partial charge is 0.512 e. The maximum Gasteiger partial charge on any atom is 0.448 e. The van der Waals surface area contributed by atoms with Gasteiger partial charge in [-0.1, -0.05) is 25.0 Å². The van der Waals surface area contributed by atoms with Gasteiger partial charge in [-0.05, 0) is 30.4 Å². The van der Waals surface area contributed by atoms with Crippen LogP contribution in [0.1, 0.15) is 52.4 Å². The van der Waals surface area contributed by atoms with Gasteiger partial charge in [-0.15, -0.1) is 0 Å². The second-order valence-corrected chi connectivity index (χ2v) is 8.41. The Bertz CT molecular complexity index is 842. The first-order valence-corrected chi connectivity index (χ1v) is 10.0. The Morgan fingerprint density at radius 1 is 0.939 bits per heavy atom. The van der Waals surface area contributed by atoms with Crippen molar-refractivity contribution in [1.29, 1.82) is 0 Å². The summed E-state index contributed by atoms with van der Waals surface area (Å²) in [6.07, 6.45) is 1.99. The molecule has 10 heteroatoms. The van der Waals surface area contributed by atoms with Crippen molar-refractivity contribution in [3.63, 3.8) is 0 Å². The Kier molecular flexibility index (Phi) is 10.3. The lowest BCUT2D eigenvalue weighted by Gasteiger charge is -2.25. The predicted molar refractivity (Wildman–Crippen MR) is 111 cm³/mol. The summed E-state index contributed by atoms with van der Waals surface area (Å²) in [4.78, 5) is 10.9. The minimum absolute atomic E-state index is 0.0359. The van der Waals surface area contributed by atoms with E-state index in [1.165, 1.54) is 11.6 Å². The van der Waals surface area contributed by atoms with Crippen LogP contribution >= 0.6 is 0 Å². The summed E-state index contributed by atoms with van der Waals surface area (Å²) in [5, 5.41) is 9.06. The van der Waals surface area contributed by atoms with Crippen LogP contribution in [0.25, 0.3) is 0 Å². The van der Waals surface area contributed by atoms with Gasteiger partial charge in [0.25, 0.3) is 5.83 Å². The molecule has 0 aromatic rings. The van der Waals surface area contributed by atoms with Crippen LogP contribution in [0.3, 0.4) is 0 Å². The number of carbonyl (C=O) groups is 1. The molecular weight excluding hydrogens is 454 g/mol. The van der Waals surface area contributed by atoms with E-state index >= 15 is 0 Å². The smallest absolute Gasteiger partial charge is 0.448 e. The van der Waals surface area contributed by atoms with Crippen molar-refractivity contribution in [2.75, 3.05) is 14.2 Å².